The zero-order chi connectivity index (χ0) is 16.9. The highest BCUT2D eigenvalue weighted by Crippen LogP contribution is 2.24. The SMILES string of the molecule is CC(O)c1ccc(-c2ccc(CNCc3ccc(F)cc3)o2)cc1.Cl. The van der Waals surface area contributed by atoms with Gasteiger partial charge >= 0.3 is 0 Å². The molecule has 0 aliphatic heterocycles. The van der Waals surface area contributed by atoms with Crippen molar-refractivity contribution in [1.82, 2.24) is 5.32 Å². The maximum absolute atomic E-state index is 12.9. The molecule has 0 aliphatic carbocycles. The molecule has 3 nitrogen and oxygen atoms in total. The number of rotatable bonds is 6. The summed E-state index contributed by atoms with van der Waals surface area (Å²) in [5, 5.41) is 12.8. The van der Waals surface area contributed by atoms with Gasteiger partial charge in [-0.15, -0.1) is 12.4 Å². The average Bonchev–Trinajstić information content (AvgIpc) is 3.06. The van der Waals surface area contributed by atoms with Gasteiger partial charge in [-0.2, -0.15) is 0 Å². The molecule has 0 saturated heterocycles. The van der Waals surface area contributed by atoms with E-state index in [1.165, 1.54) is 12.1 Å². The van der Waals surface area contributed by atoms with E-state index in [1.54, 1.807) is 19.1 Å². The molecule has 0 aliphatic rings. The predicted octanol–water partition coefficient (Wildman–Crippen LogP) is 4.85. The highest BCUT2D eigenvalue weighted by Gasteiger charge is 2.06. The summed E-state index contributed by atoms with van der Waals surface area (Å²) in [4.78, 5) is 0. The van der Waals surface area contributed by atoms with Crippen LogP contribution in [-0.4, -0.2) is 5.11 Å². The highest BCUT2D eigenvalue weighted by atomic mass is 35.5. The van der Waals surface area contributed by atoms with Crippen LogP contribution >= 0.6 is 12.4 Å². The van der Waals surface area contributed by atoms with E-state index < -0.39 is 6.10 Å². The van der Waals surface area contributed by atoms with Crippen molar-refractivity contribution < 1.29 is 13.9 Å². The fourth-order valence-electron chi connectivity index (χ4n) is 2.49. The number of aliphatic hydroxyl groups is 1. The van der Waals surface area contributed by atoms with E-state index in [0.29, 0.717) is 13.1 Å². The number of furan rings is 1. The van der Waals surface area contributed by atoms with Gasteiger partial charge in [-0.3, -0.25) is 0 Å². The zero-order valence-electron chi connectivity index (χ0n) is 13.9. The second kappa shape index (κ2) is 8.81. The molecule has 3 aromatic rings. The minimum Gasteiger partial charge on any atom is -0.460 e. The van der Waals surface area contributed by atoms with Gasteiger partial charge in [-0.25, -0.2) is 4.39 Å². The normalized spacial score (nSPS) is 11.8. The summed E-state index contributed by atoms with van der Waals surface area (Å²) in [6.45, 7) is 3.00. The number of hydrogen-bond donors (Lipinski definition) is 2. The minimum atomic E-state index is -0.470. The molecule has 0 saturated carbocycles. The van der Waals surface area contributed by atoms with E-state index in [-0.39, 0.29) is 18.2 Å². The predicted molar refractivity (Wildman–Crippen MR) is 99.0 cm³/mol. The zero-order valence-corrected chi connectivity index (χ0v) is 14.7. The van der Waals surface area contributed by atoms with Crippen LogP contribution in [0.1, 0.15) is 29.9 Å². The number of hydrogen-bond acceptors (Lipinski definition) is 3. The van der Waals surface area contributed by atoms with Crippen LogP contribution in [0, 0.1) is 5.82 Å². The molecule has 0 radical (unpaired) electrons. The van der Waals surface area contributed by atoms with Gasteiger partial charge in [-0.05, 0) is 42.3 Å². The molecule has 1 heterocycles. The van der Waals surface area contributed by atoms with E-state index in [9.17, 15) is 9.50 Å². The maximum Gasteiger partial charge on any atom is 0.134 e. The van der Waals surface area contributed by atoms with Crippen LogP contribution in [0.4, 0.5) is 4.39 Å². The minimum absolute atomic E-state index is 0. The molecule has 0 spiro atoms. The van der Waals surface area contributed by atoms with Gasteiger partial charge in [0.2, 0.25) is 0 Å². The van der Waals surface area contributed by atoms with Gasteiger partial charge in [0.25, 0.3) is 0 Å². The van der Waals surface area contributed by atoms with Crippen LogP contribution in [0.2, 0.25) is 0 Å². The lowest BCUT2D eigenvalue weighted by molar-refractivity contribution is 0.199. The second-order valence-electron chi connectivity index (χ2n) is 5.79. The highest BCUT2D eigenvalue weighted by molar-refractivity contribution is 5.85. The van der Waals surface area contributed by atoms with Crippen LogP contribution < -0.4 is 5.32 Å². The first-order chi connectivity index (χ1) is 11.6. The molecule has 25 heavy (non-hydrogen) atoms. The average molecular weight is 362 g/mol. The molecule has 3 rings (SSSR count). The lowest BCUT2D eigenvalue weighted by Crippen LogP contribution is -2.11. The van der Waals surface area contributed by atoms with Gasteiger partial charge in [0.05, 0.1) is 12.6 Å². The molecule has 132 valence electrons. The summed E-state index contributed by atoms with van der Waals surface area (Å²) in [5.74, 6) is 1.41. The Morgan fingerprint density at radius 2 is 1.64 bits per heavy atom. The quantitative estimate of drug-likeness (QED) is 0.659. The number of benzene rings is 2. The third-order valence-corrected chi connectivity index (χ3v) is 3.88. The Bertz CT molecular complexity index is 782. The molecule has 1 unspecified atom stereocenters. The molecule has 1 aromatic heterocycles. The first-order valence-electron chi connectivity index (χ1n) is 7.94. The Labute approximate surface area is 152 Å². The fourth-order valence-corrected chi connectivity index (χ4v) is 2.49. The molecular weight excluding hydrogens is 341 g/mol. The van der Waals surface area contributed by atoms with Crippen molar-refractivity contribution in [2.45, 2.75) is 26.1 Å². The second-order valence-corrected chi connectivity index (χ2v) is 5.79. The Morgan fingerprint density at radius 1 is 0.960 bits per heavy atom. The van der Waals surface area contributed by atoms with Crippen molar-refractivity contribution in [2.75, 3.05) is 0 Å². The Morgan fingerprint density at radius 3 is 2.28 bits per heavy atom. The standard InChI is InChI=1S/C20H20FNO2.ClH/c1-14(23)16-4-6-17(7-5-16)20-11-10-19(24-20)13-22-12-15-2-8-18(21)9-3-15;/h2-11,14,22-23H,12-13H2,1H3;1H. The van der Waals surface area contributed by atoms with E-state index >= 15 is 0 Å². The van der Waals surface area contributed by atoms with Gasteiger partial charge in [0.1, 0.15) is 17.3 Å². The third kappa shape index (κ3) is 5.16. The Balaban J connectivity index is 0.00000225. The van der Waals surface area contributed by atoms with Gasteiger partial charge in [0.15, 0.2) is 0 Å². The van der Waals surface area contributed by atoms with Crippen LogP contribution in [0.5, 0.6) is 0 Å². The van der Waals surface area contributed by atoms with Gasteiger partial charge < -0.3 is 14.8 Å². The van der Waals surface area contributed by atoms with Crippen molar-refractivity contribution >= 4 is 12.4 Å². The number of aliphatic hydroxyl groups excluding tert-OH is 1. The maximum atomic E-state index is 12.9. The lowest BCUT2D eigenvalue weighted by Gasteiger charge is -2.05. The van der Waals surface area contributed by atoms with E-state index in [4.69, 9.17) is 4.42 Å². The summed E-state index contributed by atoms with van der Waals surface area (Å²) in [6, 6.07) is 18.0. The van der Waals surface area contributed by atoms with E-state index in [2.05, 4.69) is 5.32 Å². The van der Waals surface area contributed by atoms with Crippen molar-refractivity contribution in [2.24, 2.45) is 0 Å². The Hall–Kier alpha value is -2.14. The summed E-state index contributed by atoms with van der Waals surface area (Å²) in [7, 11) is 0. The van der Waals surface area contributed by atoms with Crippen molar-refractivity contribution in [3.63, 3.8) is 0 Å². The number of halogens is 2. The van der Waals surface area contributed by atoms with Gasteiger partial charge in [0, 0.05) is 12.1 Å². The van der Waals surface area contributed by atoms with Crippen molar-refractivity contribution in [1.29, 1.82) is 0 Å². The summed E-state index contributed by atoms with van der Waals surface area (Å²) < 4.78 is 18.7. The summed E-state index contributed by atoms with van der Waals surface area (Å²) in [6.07, 6.45) is -0.470. The molecule has 2 N–H and O–H groups in total. The first kappa shape index (κ1) is 19.2. The van der Waals surface area contributed by atoms with Crippen LogP contribution in [0.3, 0.4) is 0 Å². The number of nitrogens with one attached hydrogen (secondary N) is 1. The fraction of sp³-hybridized carbons (Fsp3) is 0.200. The largest absolute Gasteiger partial charge is 0.460 e. The first-order valence-corrected chi connectivity index (χ1v) is 7.94. The van der Waals surface area contributed by atoms with E-state index in [1.807, 2.05) is 36.4 Å². The monoisotopic (exact) mass is 361 g/mol. The molecule has 2 aromatic carbocycles. The Kier molecular flexibility index (Phi) is 6.76. The third-order valence-electron chi connectivity index (χ3n) is 3.88. The van der Waals surface area contributed by atoms with Crippen LogP contribution in [0.15, 0.2) is 65.1 Å². The topological polar surface area (TPSA) is 45.4 Å². The molecule has 0 bridgehead atoms. The van der Waals surface area contributed by atoms with Crippen molar-refractivity contribution in [3.8, 4) is 11.3 Å². The molecule has 5 heteroatoms. The molecule has 1 atom stereocenters. The molecular formula is C20H21ClFNO2. The summed E-state index contributed by atoms with van der Waals surface area (Å²) >= 11 is 0. The summed E-state index contributed by atoms with van der Waals surface area (Å²) in [5.41, 5.74) is 2.88. The van der Waals surface area contributed by atoms with E-state index in [0.717, 1.165) is 28.2 Å². The smallest absolute Gasteiger partial charge is 0.134 e. The molecule has 0 fully saturated rings. The van der Waals surface area contributed by atoms with Crippen molar-refractivity contribution in [3.05, 3.63) is 83.4 Å². The van der Waals surface area contributed by atoms with Gasteiger partial charge in [-0.1, -0.05) is 36.4 Å². The lowest BCUT2D eigenvalue weighted by atomic mass is 10.1. The van der Waals surface area contributed by atoms with Crippen LogP contribution in [-0.2, 0) is 13.1 Å². The molecule has 0 amide bonds. The van der Waals surface area contributed by atoms with Crippen LogP contribution in [0.25, 0.3) is 11.3 Å².